The Kier molecular flexibility index (Phi) is 7.02. The minimum absolute atomic E-state index is 0.140. The largest absolute Gasteiger partial charge is 0.326 e. The van der Waals surface area contributed by atoms with Gasteiger partial charge in [-0.05, 0) is 30.5 Å². The number of hydrogen-bond donors (Lipinski definition) is 1. The first-order valence-corrected chi connectivity index (χ1v) is 7.79. The third-order valence-corrected chi connectivity index (χ3v) is 3.79. The topological polar surface area (TPSA) is 29.1 Å². The molecule has 0 radical (unpaired) electrons. The number of carbonyl (C=O) groups is 1. The second kappa shape index (κ2) is 8.30. The van der Waals surface area contributed by atoms with Crippen LogP contribution in [0.3, 0.4) is 0 Å². The molecule has 2 nitrogen and oxygen atoms in total. The molecule has 0 bridgehead atoms. The molecule has 0 aliphatic heterocycles. The number of amides is 1. The van der Waals surface area contributed by atoms with E-state index in [1.165, 1.54) is 5.56 Å². The van der Waals surface area contributed by atoms with E-state index in [4.69, 9.17) is 0 Å². The highest BCUT2D eigenvalue weighted by Gasteiger charge is 2.15. The van der Waals surface area contributed by atoms with Crippen LogP contribution in [-0.4, -0.2) is 5.91 Å². The van der Waals surface area contributed by atoms with Gasteiger partial charge in [0.15, 0.2) is 0 Å². The summed E-state index contributed by atoms with van der Waals surface area (Å²) in [5.74, 6) is 0.290. The van der Waals surface area contributed by atoms with Crippen LogP contribution in [0.25, 0.3) is 0 Å². The van der Waals surface area contributed by atoms with Gasteiger partial charge in [0.25, 0.3) is 0 Å². The third-order valence-electron chi connectivity index (χ3n) is 3.15. The van der Waals surface area contributed by atoms with Crippen molar-refractivity contribution >= 4 is 27.5 Å². The van der Waals surface area contributed by atoms with E-state index in [0.29, 0.717) is 0 Å². The van der Waals surface area contributed by atoms with E-state index >= 15 is 0 Å². The molecule has 3 heteroatoms. The molecule has 0 saturated carbocycles. The standard InChI is InChI=1S/C15H22BrNO/c1-3-5-6-13(4-2)15(18)17-14-9-7-12(11-16)8-10-14/h7-10,13H,3-6,11H2,1-2H3,(H,17,18). The van der Waals surface area contributed by atoms with Crippen molar-refractivity contribution in [3.63, 3.8) is 0 Å². The first-order chi connectivity index (χ1) is 8.71. The summed E-state index contributed by atoms with van der Waals surface area (Å²) in [4.78, 5) is 12.1. The number of benzene rings is 1. The predicted octanol–water partition coefficient (Wildman–Crippen LogP) is 4.74. The van der Waals surface area contributed by atoms with Gasteiger partial charge < -0.3 is 5.32 Å². The highest BCUT2D eigenvalue weighted by atomic mass is 79.9. The molecule has 0 heterocycles. The first-order valence-electron chi connectivity index (χ1n) is 6.67. The van der Waals surface area contributed by atoms with Crippen LogP contribution in [0, 0.1) is 5.92 Å². The van der Waals surface area contributed by atoms with Gasteiger partial charge in [-0.3, -0.25) is 4.79 Å². The van der Waals surface area contributed by atoms with Crippen molar-refractivity contribution in [2.75, 3.05) is 5.32 Å². The molecule has 1 N–H and O–H groups in total. The van der Waals surface area contributed by atoms with E-state index in [-0.39, 0.29) is 11.8 Å². The lowest BCUT2D eigenvalue weighted by Gasteiger charge is -2.14. The average molecular weight is 312 g/mol. The van der Waals surface area contributed by atoms with E-state index < -0.39 is 0 Å². The minimum Gasteiger partial charge on any atom is -0.326 e. The van der Waals surface area contributed by atoms with E-state index in [9.17, 15) is 4.79 Å². The van der Waals surface area contributed by atoms with Crippen molar-refractivity contribution in [1.29, 1.82) is 0 Å². The predicted molar refractivity (Wildman–Crippen MR) is 81.0 cm³/mol. The fourth-order valence-corrected chi connectivity index (χ4v) is 2.27. The van der Waals surface area contributed by atoms with Crippen LogP contribution in [0.1, 0.15) is 45.1 Å². The highest BCUT2D eigenvalue weighted by molar-refractivity contribution is 9.08. The van der Waals surface area contributed by atoms with Crippen LogP contribution in [-0.2, 0) is 10.1 Å². The van der Waals surface area contributed by atoms with Crippen LogP contribution in [0.15, 0.2) is 24.3 Å². The molecule has 1 atom stereocenters. The fraction of sp³-hybridized carbons (Fsp3) is 0.533. The molecule has 1 aromatic rings. The normalized spacial score (nSPS) is 12.2. The van der Waals surface area contributed by atoms with Crippen LogP contribution in [0.4, 0.5) is 5.69 Å². The summed E-state index contributed by atoms with van der Waals surface area (Å²) < 4.78 is 0. The van der Waals surface area contributed by atoms with Crippen molar-refractivity contribution in [3.8, 4) is 0 Å². The highest BCUT2D eigenvalue weighted by Crippen LogP contribution is 2.17. The molecule has 0 aromatic heterocycles. The summed E-state index contributed by atoms with van der Waals surface area (Å²) in [7, 11) is 0. The lowest BCUT2D eigenvalue weighted by atomic mass is 9.98. The SMILES string of the molecule is CCCCC(CC)C(=O)Nc1ccc(CBr)cc1. The Balaban J connectivity index is 2.55. The van der Waals surface area contributed by atoms with Crippen LogP contribution in [0.2, 0.25) is 0 Å². The zero-order chi connectivity index (χ0) is 13.4. The second-order valence-electron chi connectivity index (χ2n) is 4.57. The molecule has 18 heavy (non-hydrogen) atoms. The molecule has 1 unspecified atom stereocenters. The fourth-order valence-electron chi connectivity index (χ4n) is 1.89. The summed E-state index contributed by atoms with van der Waals surface area (Å²) in [5.41, 5.74) is 2.10. The molecule has 0 saturated heterocycles. The van der Waals surface area contributed by atoms with Gasteiger partial charge >= 0.3 is 0 Å². The Morgan fingerprint density at radius 1 is 1.28 bits per heavy atom. The molecule has 100 valence electrons. The number of halogens is 1. The zero-order valence-corrected chi connectivity index (χ0v) is 12.8. The number of hydrogen-bond acceptors (Lipinski definition) is 1. The van der Waals surface area contributed by atoms with Crippen molar-refractivity contribution in [1.82, 2.24) is 0 Å². The number of anilines is 1. The Morgan fingerprint density at radius 3 is 2.44 bits per heavy atom. The van der Waals surface area contributed by atoms with Gasteiger partial charge in [-0.15, -0.1) is 0 Å². The molecular formula is C15H22BrNO. The Morgan fingerprint density at radius 2 is 1.94 bits per heavy atom. The second-order valence-corrected chi connectivity index (χ2v) is 5.13. The smallest absolute Gasteiger partial charge is 0.227 e. The maximum atomic E-state index is 12.1. The van der Waals surface area contributed by atoms with E-state index in [2.05, 4.69) is 35.1 Å². The van der Waals surface area contributed by atoms with Crippen molar-refractivity contribution in [2.24, 2.45) is 5.92 Å². The number of rotatable bonds is 7. The maximum Gasteiger partial charge on any atom is 0.227 e. The van der Waals surface area contributed by atoms with Gasteiger partial charge in [-0.1, -0.05) is 54.8 Å². The maximum absolute atomic E-state index is 12.1. The van der Waals surface area contributed by atoms with E-state index in [1.54, 1.807) is 0 Å². The Hall–Kier alpha value is -0.830. The summed E-state index contributed by atoms with van der Waals surface area (Å²) in [5, 5.41) is 3.84. The Bertz CT molecular complexity index is 361. The lowest BCUT2D eigenvalue weighted by molar-refractivity contribution is -0.120. The zero-order valence-electron chi connectivity index (χ0n) is 11.2. The summed E-state index contributed by atoms with van der Waals surface area (Å²) >= 11 is 3.41. The van der Waals surface area contributed by atoms with Gasteiger partial charge in [-0.2, -0.15) is 0 Å². The van der Waals surface area contributed by atoms with E-state index in [1.807, 2.05) is 24.3 Å². The molecule has 1 amide bonds. The average Bonchev–Trinajstić information content (AvgIpc) is 2.40. The van der Waals surface area contributed by atoms with Gasteiger partial charge in [0.1, 0.15) is 0 Å². The Labute approximate surface area is 118 Å². The van der Waals surface area contributed by atoms with Crippen LogP contribution >= 0.6 is 15.9 Å². The van der Waals surface area contributed by atoms with Crippen LogP contribution in [0.5, 0.6) is 0 Å². The van der Waals surface area contributed by atoms with Gasteiger partial charge in [0, 0.05) is 16.9 Å². The first kappa shape index (κ1) is 15.2. The monoisotopic (exact) mass is 311 g/mol. The van der Waals surface area contributed by atoms with E-state index in [0.717, 1.165) is 36.7 Å². The lowest BCUT2D eigenvalue weighted by Crippen LogP contribution is -2.22. The van der Waals surface area contributed by atoms with Gasteiger partial charge in [0.2, 0.25) is 5.91 Å². The summed E-state index contributed by atoms with van der Waals surface area (Å²) in [6.45, 7) is 4.23. The summed E-state index contributed by atoms with van der Waals surface area (Å²) in [6.07, 6.45) is 4.15. The number of alkyl halides is 1. The summed E-state index contributed by atoms with van der Waals surface area (Å²) in [6, 6.07) is 7.97. The molecule has 1 rings (SSSR count). The molecule has 0 fully saturated rings. The van der Waals surface area contributed by atoms with Gasteiger partial charge in [-0.25, -0.2) is 0 Å². The van der Waals surface area contributed by atoms with Crippen molar-refractivity contribution in [2.45, 2.75) is 44.9 Å². The third kappa shape index (κ3) is 4.81. The molecule has 0 aliphatic rings. The van der Waals surface area contributed by atoms with Gasteiger partial charge in [0.05, 0.1) is 0 Å². The number of nitrogens with one attached hydrogen (secondary N) is 1. The van der Waals surface area contributed by atoms with Crippen molar-refractivity contribution in [3.05, 3.63) is 29.8 Å². The molecular weight excluding hydrogens is 290 g/mol. The van der Waals surface area contributed by atoms with Crippen LogP contribution < -0.4 is 5.32 Å². The molecule has 0 spiro atoms. The molecule has 0 aliphatic carbocycles. The minimum atomic E-state index is 0.140. The number of unbranched alkanes of at least 4 members (excludes halogenated alkanes) is 1. The quantitative estimate of drug-likeness (QED) is 0.724. The number of carbonyl (C=O) groups excluding carboxylic acids is 1. The molecule has 1 aromatic carbocycles. The van der Waals surface area contributed by atoms with Crippen molar-refractivity contribution < 1.29 is 4.79 Å².